The van der Waals surface area contributed by atoms with Crippen molar-refractivity contribution in [3.63, 3.8) is 0 Å². The third kappa shape index (κ3) is 2.50. The zero-order chi connectivity index (χ0) is 8.10. The molecule has 1 rings (SSSR count). The highest BCUT2D eigenvalue weighted by Crippen LogP contribution is 2.16. The van der Waals surface area contributed by atoms with Crippen molar-refractivity contribution < 1.29 is 0 Å². The second-order valence-electron chi connectivity index (χ2n) is 3.10. The SMILES string of the molecule is CCCC([SiH3])c1ccccc1. The van der Waals surface area contributed by atoms with Crippen LogP contribution in [0.15, 0.2) is 30.3 Å². The Morgan fingerprint density at radius 3 is 2.45 bits per heavy atom. The Labute approximate surface area is 72.1 Å². The standard InChI is InChI=1S/C10H16Si/c1-2-6-10(11)9-7-4-3-5-8-9/h3-5,7-8,10H,2,6H2,1,11H3. The van der Waals surface area contributed by atoms with Crippen molar-refractivity contribution in [2.45, 2.75) is 25.3 Å². The fourth-order valence-electron chi connectivity index (χ4n) is 1.38. The maximum Gasteiger partial charge on any atom is 0.0123 e. The van der Waals surface area contributed by atoms with Crippen LogP contribution in [-0.4, -0.2) is 10.2 Å². The maximum absolute atomic E-state index is 2.26. The monoisotopic (exact) mass is 164 g/mol. The van der Waals surface area contributed by atoms with Gasteiger partial charge in [0, 0.05) is 10.2 Å². The van der Waals surface area contributed by atoms with Gasteiger partial charge in [-0.15, -0.1) is 0 Å². The number of hydrogen-bond donors (Lipinski definition) is 0. The molecule has 0 aliphatic carbocycles. The molecule has 0 radical (unpaired) electrons. The van der Waals surface area contributed by atoms with Crippen LogP contribution in [0.5, 0.6) is 0 Å². The minimum absolute atomic E-state index is 0.862. The molecule has 0 spiro atoms. The first-order valence-electron chi connectivity index (χ1n) is 4.39. The molecule has 1 aromatic rings. The summed E-state index contributed by atoms with van der Waals surface area (Å²) >= 11 is 0. The van der Waals surface area contributed by atoms with Crippen LogP contribution in [0.25, 0.3) is 0 Å². The fraction of sp³-hybridized carbons (Fsp3) is 0.400. The predicted molar refractivity (Wildman–Crippen MR) is 54.0 cm³/mol. The minimum Gasteiger partial charge on any atom is -0.0654 e. The van der Waals surface area contributed by atoms with Crippen molar-refractivity contribution in [3.05, 3.63) is 35.9 Å². The molecule has 0 heterocycles. The van der Waals surface area contributed by atoms with Gasteiger partial charge in [-0.1, -0.05) is 43.7 Å². The third-order valence-corrected chi connectivity index (χ3v) is 3.33. The van der Waals surface area contributed by atoms with Gasteiger partial charge >= 0.3 is 0 Å². The van der Waals surface area contributed by atoms with Crippen LogP contribution in [0, 0.1) is 0 Å². The van der Waals surface area contributed by atoms with Crippen LogP contribution in [0.3, 0.4) is 0 Å². The molecule has 0 nitrogen and oxygen atoms in total. The molecule has 0 fully saturated rings. The summed E-state index contributed by atoms with van der Waals surface area (Å²) < 4.78 is 0. The van der Waals surface area contributed by atoms with E-state index in [0.29, 0.717) is 0 Å². The first-order valence-corrected chi connectivity index (χ1v) is 5.55. The van der Waals surface area contributed by atoms with Crippen LogP contribution in [0.1, 0.15) is 30.9 Å². The maximum atomic E-state index is 2.26. The van der Waals surface area contributed by atoms with Crippen LogP contribution in [0.2, 0.25) is 0 Å². The molecule has 0 aliphatic rings. The molecule has 0 aromatic heterocycles. The lowest BCUT2D eigenvalue weighted by molar-refractivity contribution is 0.769. The Morgan fingerprint density at radius 2 is 1.91 bits per heavy atom. The molecule has 1 heteroatoms. The van der Waals surface area contributed by atoms with Crippen molar-refractivity contribution in [2.75, 3.05) is 0 Å². The molecule has 0 bridgehead atoms. The van der Waals surface area contributed by atoms with E-state index in [9.17, 15) is 0 Å². The first-order chi connectivity index (χ1) is 5.34. The first kappa shape index (κ1) is 8.53. The molecule has 1 atom stereocenters. The summed E-state index contributed by atoms with van der Waals surface area (Å²) in [5.74, 6) is 0. The van der Waals surface area contributed by atoms with E-state index in [2.05, 4.69) is 37.3 Å². The van der Waals surface area contributed by atoms with Crippen LogP contribution < -0.4 is 0 Å². The topological polar surface area (TPSA) is 0 Å². The van der Waals surface area contributed by atoms with Crippen molar-refractivity contribution in [2.24, 2.45) is 0 Å². The summed E-state index contributed by atoms with van der Waals surface area (Å²) in [6.07, 6.45) is 2.67. The Bertz CT molecular complexity index is 193. The number of hydrogen-bond acceptors (Lipinski definition) is 0. The zero-order valence-electron chi connectivity index (χ0n) is 7.38. The number of benzene rings is 1. The van der Waals surface area contributed by atoms with Crippen molar-refractivity contribution in [1.82, 2.24) is 0 Å². The Hall–Kier alpha value is -0.563. The normalized spacial score (nSPS) is 13.2. The van der Waals surface area contributed by atoms with Crippen molar-refractivity contribution in [3.8, 4) is 0 Å². The highest BCUT2D eigenvalue weighted by atomic mass is 28.1. The average Bonchev–Trinajstić information content (AvgIpc) is 2.07. The predicted octanol–water partition coefficient (Wildman–Crippen LogP) is 1.89. The van der Waals surface area contributed by atoms with Gasteiger partial charge in [0.05, 0.1) is 0 Å². The molecule has 0 amide bonds. The van der Waals surface area contributed by atoms with Gasteiger partial charge in [-0.2, -0.15) is 0 Å². The van der Waals surface area contributed by atoms with E-state index in [0.717, 1.165) is 5.54 Å². The van der Waals surface area contributed by atoms with Crippen molar-refractivity contribution in [1.29, 1.82) is 0 Å². The summed E-state index contributed by atoms with van der Waals surface area (Å²) in [4.78, 5) is 0. The lowest BCUT2D eigenvalue weighted by atomic mass is 10.1. The summed E-state index contributed by atoms with van der Waals surface area (Å²) in [7, 11) is 1.29. The van der Waals surface area contributed by atoms with Crippen molar-refractivity contribution >= 4 is 10.2 Å². The molecule has 0 saturated carbocycles. The third-order valence-electron chi connectivity index (χ3n) is 2.09. The quantitative estimate of drug-likeness (QED) is 0.599. The highest BCUT2D eigenvalue weighted by molar-refractivity contribution is 6.12. The Morgan fingerprint density at radius 1 is 1.27 bits per heavy atom. The molecule has 0 aliphatic heterocycles. The lowest BCUT2D eigenvalue weighted by Crippen LogP contribution is -1.96. The van der Waals surface area contributed by atoms with E-state index in [1.807, 2.05) is 0 Å². The summed E-state index contributed by atoms with van der Waals surface area (Å²) in [6.45, 7) is 2.26. The van der Waals surface area contributed by atoms with E-state index in [1.54, 1.807) is 0 Å². The van der Waals surface area contributed by atoms with Gasteiger partial charge in [0.25, 0.3) is 0 Å². The summed E-state index contributed by atoms with van der Waals surface area (Å²) in [5.41, 5.74) is 2.39. The summed E-state index contributed by atoms with van der Waals surface area (Å²) in [5, 5.41) is 0. The molecular formula is C10H16Si. The van der Waals surface area contributed by atoms with Gasteiger partial charge in [0.2, 0.25) is 0 Å². The fourth-order valence-corrected chi connectivity index (χ4v) is 2.34. The Balaban J connectivity index is 2.61. The van der Waals surface area contributed by atoms with E-state index in [-0.39, 0.29) is 0 Å². The van der Waals surface area contributed by atoms with Gasteiger partial charge in [-0.25, -0.2) is 0 Å². The minimum atomic E-state index is 0.862. The average molecular weight is 164 g/mol. The molecular weight excluding hydrogens is 148 g/mol. The molecule has 1 unspecified atom stereocenters. The van der Waals surface area contributed by atoms with Crippen LogP contribution >= 0.6 is 0 Å². The van der Waals surface area contributed by atoms with Gasteiger partial charge in [0.1, 0.15) is 0 Å². The second-order valence-corrected chi connectivity index (χ2v) is 4.49. The second kappa shape index (κ2) is 4.34. The summed E-state index contributed by atoms with van der Waals surface area (Å²) in [6, 6.07) is 10.8. The molecule has 60 valence electrons. The molecule has 0 N–H and O–H groups in total. The van der Waals surface area contributed by atoms with E-state index < -0.39 is 0 Å². The smallest absolute Gasteiger partial charge is 0.0123 e. The van der Waals surface area contributed by atoms with Gasteiger partial charge in [-0.05, 0) is 17.5 Å². The molecule has 1 aromatic carbocycles. The van der Waals surface area contributed by atoms with Crippen LogP contribution in [0.4, 0.5) is 0 Å². The molecule has 0 saturated heterocycles. The number of rotatable bonds is 3. The van der Waals surface area contributed by atoms with Gasteiger partial charge in [-0.3, -0.25) is 0 Å². The lowest BCUT2D eigenvalue weighted by Gasteiger charge is -2.08. The largest absolute Gasteiger partial charge is 0.0654 e. The van der Waals surface area contributed by atoms with E-state index in [1.165, 1.54) is 28.6 Å². The van der Waals surface area contributed by atoms with Gasteiger partial charge in [0.15, 0.2) is 0 Å². The van der Waals surface area contributed by atoms with E-state index >= 15 is 0 Å². The van der Waals surface area contributed by atoms with Gasteiger partial charge < -0.3 is 0 Å². The van der Waals surface area contributed by atoms with Crippen LogP contribution in [-0.2, 0) is 0 Å². The van der Waals surface area contributed by atoms with E-state index in [4.69, 9.17) is 0 Å². The molecule has 11 heavy (non-hydrogen) atoms. The highest BCUT2D eigenvalue weighted by Gasteiger charge is 2.01. The Kier molecular flexibility index (Phi) is 3.37. The zero-order valence-corrected chi connectivity index (χ0v) is 9.38.